The molecule has 0 unspecified atom stereocenters. The first-order valence-electron chi connectivity index (χ1n) is 6.02. The Morgan fingerprint density at radius 3 is 2.48 bits per heavy atom. The predicted octanol–water partition coefficient (Wildman–Crippen LogP) is 2.79. The van der Waals surface area contributed by atoms with Crippen LogP contribution in [0.5, 0.6) is 5.75 Å². The molecule has 2 aromatic carbocycles. The molecule has 0 atom stereocenters. The normalized spacial score (nSPS) is 10.2. The lowest BCUT2D eigenvalue weighted by Crippen LogP contribution is -2.13. The summed E-state index contributed by atoms with van der Waals surface area (Å²) in [4.78, 5) is 22.8. The summed E-state index contributed by atoms with van der Waals surface area (Å²) in [5.41, 5.74) is 0.395. The molecule has 0 heterocycles. The quantitative estimate of drug-likeness (QED) is 0.758. The van der Waals surface area contributed by atoms with E-state index >= 15 is 0 Å². The van der Waals surface area contributed by atoms with Crippen molar-refractivity contribution in [1.82, 2.24) is 0 Å². The fraction of sp³-hybridized carbons (Fsp3) is 0.0667. The minimum absolute atomic E-state index is 0.114. The lowest BCUT2D eigenvalue weighted by Gasteiger charge is -2.08. The minimum Gasteiger partial charge on any atom is -0.507 e. The van der Waals surface area contributed by atoms with Gasteiger partial charge in [0.1, 0.15) is 17.1 Å². The van der Waals surface area contributed by atoms with Gasteiger partial charge in [0, 0.05) is 11.3 Å². The van der Waals surface area contributed by atoms with Gasteiger partial charge in [-0.15, -0.1) is 0 Å². The van der Waals surface area contributed by atoms with Gasteiger partial charge in [-0.05, 0) is 42.8 Å². The fourth-order valence-corrected chi connectivity index (χ4v) is 1.72. The Labute approximate surface area is 119 Å². The molecule has 0 aromatic heterocycles. The number of phenols is 1. The summed E-state index contributed by atoms with van der Waals surface area (Å²) in [5.74, 6) is -2.79. The summed E-state index contributed by atoms with van der Waals surface area (Å²) >= 11 is 0. The minimum atomic E-state index is -1.31. The van der Waals surface area contributed by atoms with Crippen LogP contribution in [0.1, 0.15) is 26.3 Å². The lowest BCUT2D eigenvalue weighted by atomic mass is 10.1. The van der Waals surface area contributed by atoms with Crippen molar-refractivity contribution < 1.29 is 24.2 Å². The number of aromatic carboxylic acids is 1. The van der Waals surface area contributed by atoms with E-state index < -0.39 is 23.4 Å². The molecule has 0 radical (unpaired) electrons. The highest BCUT2D eigenvalue weighted by Gasteiger charge is 2.13. The molecule has 0 aliphatic rings. The molecular formula is C15H12FNO4. The van der Waals surface area contributed by atoms with E-state index in [1.54, 1.807) is 6.92 Å². The molecule has 2 aromatic rings. The molecule has 0 spiro atoms. The molecule has 0 fully saturated rings. The van der Waals surface area contributed by atoms with E-state index in [4.69, 9.17) is 5.11 Å². The highest BCUT2D eigenvalue weighted by molar-refractivity contribution is 6.05. The van der Waals surface area contributed by atoms with Crippen LogP contribution in [-0.4, -0.2) is 22.1 Å². The van der Waals surface area contributed by atoms with Crippen LogP contribution in [0, 0.1) is 12.7 Å². The van der Waals surface area contributed by atoms with Crippen LogP contribution in [-0.2, 0) is 0 Å². The van der Waals surface area contributed by atoms with Gasteiger partial charge in [-0.1, -0.05) is 6.07 Å². The highest BCUT2D eigenvalue weighted by atomic mass is 19.1. The number of nitrogens with one attached hydrogen (secondary N) is 1. The summed E-state index contributed by atoms with van der Waals surface area (Å²) in [6.07, 6.45) is 0. The third-order valence-electron chi connectivity index (χ3n) is 2.92. The van der Waals surface area contributed by atoms with Gasteiger partial charge in [0.15, 0.2) is 0 Å². The van der Waals surface area contributed by atoms with E-state index in [-0.39, 0.29) is 16.8 Å². The van der Waals surface area contributed by atoms with E-state index in [1.807, 2.05) is 0 Å². The summed E-state index contributed by atoms with van der Waals surface area (Å²) < 4.78 is 13.4. The molecule has 3 N–H and O–H groups in total. The molecule has 2 rings (SSSR count). The van der Waals surface area contributed by atoms with E-state index in [2.05, 4.69) is 5.32 Å². The van der Waals surface area contributed by atoms with Crippen molar-refractivity contribution in [2.24, 2.45) is 0 Å². The number of carboxylic acids is 1. The van der Waals surface area contributed by atoms with E-state index in [9.17, 15) is 19.1 Å². The fourth-order valence-electron chi connectivity index (χ4n) is 1.72. The van der Waals surface area contributed by atoms with Crippen LogP contribution < -0.4 is 5.32 Å². The summed E-state index contributed by atoms with van der Waals surface area (Å²) in [6, 6.07) is 7.68. The lowest BCUT2D eigenvalue weighted by molar-refractivity contribution is 0.0693. The molecule has 0 aliphatic carbocycles. The maximum absolute atomic E-state index is 13.4. The number of rotatable bonds is 3. The van der Waals surface area contributed by atoms with Gasteiger partial charge < -0.3 is 15.5 Å². The first kappa shape index (κ1) is 14.5. The molecule has 108 valence electrons. The maximum Gasteiger partial charge on any atom is 0.339 e. The van der Waals surface area contributed by atoms with E-state index in [0.29, 0.717) is 5.56 Å². The van der Waals surface area contributed by atoms with Gasteiger partial charge in [-0.3, -0.25) is 4.79 Å². The number of carbonyl (C=O) groups is 2. The van der Waals surface area contributed by atoms with Gasteiger partial charge in [0.25, 0.3) is 5.91 Å². The average Bonchev–Trinajstić information content (AvgIpc) is 2.43. The number of anilines is 1. The number of carboxylic acid groups (broad SMARTS) is 1. The van der Waals surface area contributed by atoms with Gasteiger partial charge in [-0.25, -0.2) is 9.18 Å². The SMILES string of the molecule is Cc1ccc(C(=O)Nc2ccc(O)c(C(=O)O)c2)cc1F. The van der Waals surface area contributed by atoms with E-state index in [0.717, 1.165) is 18.2 Å². The number of carbonyl (C=O) groups excluding carboxylic acids is 1. The Balaban J connectivity index is 2.25. The Hall–Kier alpha value is -2.89. The van der Waals surface area contributed by atoms with Crippen LogP contribution in [0.2, 0.25) is 0 Å². The monoisotopic (exact) mass is 289 g/mol. The molecule has 5 nitrogen and oxygen atoms in total. The Bertz CT molecular complexity index is 728. The second-order valence-electron chi connectivity index (χ2n) is 4.46. The van der Waals surface area contributed by atoms with Crippen LogP contribution in [0.3, 0.4) is 0 Å². The number of benzene rings is 2. The molecule has 1 amide bonds. The van der Waals surface area contributed by atoms with Crippen molar-refractivity contribution in [3.63, 3.8) is 0 Å². The van der Waals surface area contributed by atoms with Crippen LogP contribution in [0.15, 0.2) is 36.4 Å². The summed E-state index contributed by atoms with van der Waals surface area (Å²) in [6.45, 7) is 1.58. The van der Waals surface area contributed by atoms with Gasteiger partial charge in [-0.2, -0.15) is 0 Å². The van der Waals surface area contributed by atoms with Crippen molar-refractivity contribution in [2.75, 3.05) is 5.32 Å². The number of aromatic hydroxyl groups is 1. The third-order valence-corrected chi connectivity index (χ3v) is 2.92. The highest BCUT2D eigenvalue weighted by Crippen LogP contribution is 2.22. The van der Waals surface area contributed by atoms with Crippen LogP contribution in [0.25, 0.3) is 0 Å². The zero-order valence-electron chi connectivity index (χ0n) is 11.1. The van der Waals surface area contributed by atoms with Gasteiger partial charge >= 0.3 is 5.97 Å². The van der Waals surface area contributed by atoms with Crippen molar-refractivity contribution in [1.29, 1.82) is 0 Å². The first-order chi connectivity index (χ1) is 9.88. The number of hydrogen-bond donors (Lipinski definition) is 3. The van der Waals surface area contributed by atoms with Gasteiger partial charge in [0.05, 0.1) is 0 Å². The standard InChI is InChI=1S/C15H12FNO4/c1-8-2-3-9(6-12(8)16)14(19)17-10-4-5-13(18)11(7-10)15(20)21/h2-7,18H,1H3,(H,17,19)(H,20,21). The summed E-state index contributed by atoms with van der Waals surface area (Å²) in [7, 11) is 0. The molecule has 6 heteroatoms. The topological polar surface area (TPSA) is 86.6 Å². The van der Waals surface area contributed by atoms with Gasteiger partial charge in [0.2, 0.25) is 0 Å². The van der Waals surface area contributed by atoms with Crippen molar-refractivity contribution in [3.8, 4) is 5.75 Å². The zero-order chi connectivity index (χ0) is 15.6. The largest absolute Gasteiger partial charge is 0.507 e. The van der Waals surface area contributed by atoms with Crippen molar-refractivity contribution >= 4 is 17.6 Å². The molecule has 0 saturated heterocycles. The van der Waals surface area contributed by atoms with E-state index in [1.165, 1.54) is 18.2 Å². The second kappa shape index (κ2) is 5.62. The molecule has 21 heavy (non-hydrogen) atoms. The zero-order valence-corrected chi connectivity index (χ0v) is 11.1. The number of hydrogen-bond acceptors (Lipinski definition) is 3. The number of aryl methyl sites for hydroxylation is 1. The van der Waals surface area contributed by atoms with Crippen LogP contribution >= 0.6 is 0 Å². The second-order valence-corrected chi connectivity index (χ2v) is 4.46. The summed E-state index contributed by atoms with van der Waals surface area (Å²) in [5, 5.41) is 20.7. The smallest absolute Gasteiger partial charge is 0.339 e. The molecule has 0 bridgehead atoms. The molecule has 0 aliphatic heterocycles. The predicted molar refractivity (Wildman–Crippen MR) is 74.2 cm³/mol. The first-order valence-corrected chi connectivity index (χ1v) is 6.02. The Morgan fingerprint density at radius 1 is 1.14 bits per heavy atom. The number of amides is 1. The number of halogens is 1. The Morgan fingerprint density at radius 2 is 1.86 bits per heavy atom. The maximum atomic E-state index is 13.4. The molecular weight excluding hydrogens is 277 g/mol. The van der Waals surface area contributed by atoms with Crippen molar-refractivity contribution in [2.45, 2.75) is 6.92 Å². The third kappa shape index (κ3) is 3.17. The van der Waals surface area contributed by atoms with Crippen molar-refractivity contribution in [3.05, 3.63) is 58.9 Å². The van der Waals surface area contributed by atoms with Crippen LogP contribution in [0.4, 0.5) is 10.1 Å². The Kier molecular flexibility index (Phi) is 3.89. The average molecular weight is 289 g/mol. The molecule has 0 saturated carbocycles.